The molecule has 0 unspecified atom stereocenters. The minimum absolute atomic E-state index is 0.209. The van der Waals surface area contributed by atoms with E-state index in [-0.39, 0.29) is 12.5 Å². The van der Waals surface area contributed by atoms with E-state index in [2.05, 4.69) is 10.3 Å². The third kappa shape index (κ3) is 4.42. The third-order valence-corrected chi connectivity index (χ3v) is 4.03. The van der Waals surface area contributed by atoms with Crippen LogP contribution in [0.15, 0.2) is 60.0 Å². The number of rotatable bonds is 6. The second kappa shape index (κ2) is 7.59. The van der Waals surface area contributed by atoms with Crippen molar-refractivity contribution in [3.05, 3.63) is 65.5 Å². The molecule has 2 N–H and O–H groups in total. The molecule has 0 radical (unpaired) electrons. The first kappa shape index (κ1) is 16.7. The zero-order valence-corrected chi connectivity index (χ0v) is 13.8. The normalized spacial score (nSPS) is 10.2. The fourth-order valence-electron chi connectivity index (χ4n) is 2.09. The van der Waals surface area contributed by atoms with Crippen molar-refractivity contribution in [2.45, 2.75) is 0 Å². The van der Waals surface area contributed by atoms with Crippen LogP contribution in [0.5, 0.6) is 5.75 Å². The van der Waals surface area contributed by atoms with Crippen LogP contribution < -0.4 is 10.1 Å². The van der Waals surface area contributed by atoms with E-state index in [0.29, 0.717) is 16.4 Å². The molecule has 0 aliphatic rings. The molecule has 0 spiro atoms. The smallest absolute Gasteiger partial charge is 0.341 e. The first-order valence-corrected chi connectivity index (χ1v) is 8.27. The summed E-state index contributed by atoms with van der Waals surface area (Å²) >= 11 is 1.33. The molecule has 0 atom stereocenters. The molecule has 0 saturated carbocycles. The Balaban J connectivity index is 1.67. The fraction of sp³-hybridized carbons (Fsp3) is 0.0556. The molecule has 1 amide bonds. The van der Waals surface area contributed by atoms with E-state index in [1.165, 1.54) is 11.3 Å². The second-order valence-corrected chi connectivity index (χ2v) is 5.92. The van der Waals surface area contributed by atoms with Gasteiger partial charge in [0.15, 0.2) is 11.7 Å². The lowest BCUT2D eigenvalue weighted by atomic mass is 10.2. The molecule has 7 heteroatoms. The number of hydrogen-bond acceptors (Lipinski definition) is 5. The van der Waals surface area contributed by atoms with Crippen LogP contribution in [0.4, 0.5) is 5.13 Å². The number of hydrogen-bond donors (Lipinski definition) is 2. The number of aromatic nitrogens is 1. The van der Waals surface area contributed by atoms with Crippen LogP contribution in [0, 0.1) is 0 Å². The number of carbonyl (C=O) groups excluding carboxylic acids is 1. The van der Waals surface area contributed by atoms with Crippen molar-refractivity contribution in [1.29, 1.82) is 0 Å². The van der Waals surface area contributed by atoms with Gasteiger partial charge < -0.3 is 9.84 Å². The van der Waals surface area contributed by atoms with Gasteiger partial charge in [-0.25, -0.2) is 9.78 Å². The van der Waals surface area contributed by atoms with Crippen molar-refractivity contribution >= 4 is 28.3 Å². The summed E-state index contributed by atoms with van der Waals surface area (Å²) in [7, 11) is 0. The van der Waals surface area contributed by atoms with Crippen molar-refractivity contribution < 1.29 is 19.4 Å². The third-order valence-electron chi connectivity index (χ3n) is 3.27. The Morgan fingerprint density at radius 2 is 1.80 bits per heavy atom. The molecule has 0 aliphatic heterocycles. The first-order chi connectivity index (χ1) is 12.1. The van der Waals surface area contributed by atoms with Gasteiger partial charge in [0.25, 0.3) is 5.91 Å². The highest BCUT2D eigenvalue weighted by atomic mass is 32.1. The van der Waals surface area contributed by atoms with E-state index in [1.54, 1.807) is 48.5 Å². The summed E-state index contributed by atoms with van der Waals surface area (Å²) < 4.78 is 5.09. The molecular formula is C18H14N2O4S. The van der Waals surface area contributed by atoms with E-state index in [0.717, 1.165) is 11.3 Å². The number of benzene rings is 2. The molecule has 1 aromatic heterocycles. The molecule has 6 nitrogen and oxygen atoms in total. The number of carboxylic acid groups (broad SMARTS) is 1. The summed E-state index contributed by atoms with van der Waals surface area (Å²) in [6.07, 6.45) is 0. The number of aliphatic carboxylic acids is 1. The number of thiazole rings is 1. The monoisotopic (exact) mass is 354 g/mol. The zero-order valence-electron chi connectivity index (χ0n) is 13.0. The summed E-state index contributed by atoms with van der Waals surface area (Å²) in [6.45, 7) is -0.383. The molecule has 0 aliphatic carbocycles. The summed E-state index contributed by atoms with van der Waals surface area (Å²) in [5.74, 6) is -0.764. The Hall–Kier alpha value is -3.19. The summed E-state index contributed by atoms with van der Waals surface area (Å²) in [5, 5.41) is 13.7. The van der Waals surface area contributed by atoms with E-state index < -0.39 is 5.97 Å². The minimum atomic E-state index is -1.03. The molecule has 126 valence electrons. The van der Waals surface area contributed by atoms with Crippen LogP contribution in [0.1, 0.15) is 10.4 Å². The SMILES string of the molecule is O=C(O)COc1ccc(-c2csc(NC(=O)c3ccccc3)n2)cc1. The molecule has 0 saturated heterocycles. The van der Waals surface area contributed by atoms with E-state index >= 15 is 0 Å². The van der Waals surface area contributed by atoms with Gasteiger partial charge >= 0.3 is 5.97 Å². The number of amides is 1. The molecular weight excluding hydrogens is 340 g/mol. The number of carbonyl (C=O) groups is 2. The van der Waals surface area contributed by atoms with E-state index in [1.807, 2.05) is 11.4 Å². The van der Waals surface area contributed by atoms with Gasteiger partial charge in [-0.3, -0.25) is 10.1 Å². The van der Waals surface area contributed by atoms with Gasteiger partial charge in [-0.05, 0) is 36.4 Å². The van der Waals surface area contributed by atoms with Gasteiger partial charge in [0.05, 0.1) is 5.69 Å². The molecule has 3 aromatic rings. The Kier molecular flexibility index (Phi) is 5.06. The highest BCUT2D eigenvalue weighted by Gasteiger charge is 2.10. The Morgan fingerprint density at radius 3 is 2.48 bits per heavy atom. The van der Waals surface area contributed by atoms with Crippen molar-refractivity contribution in [2.75, 3.05) is 11.9 Å². The van der Waals surface area contributed by atoms with Gasteiger partial charge in [-0.1, -0.05) is 18.2 Å². The van der Waals surface area contributed by atoms with Gasteiger partial charge in [-0.15, -0.1) is 11.3 Å². The van der Waals surface area contributed by atoms with Crippen LogP contribution in [0.25, 0.3) is 11.3 Å². The van der Waals surface area contributed by atoms with Gasteiger partial charge in [0.2, 0.25) is 0 Å². The lowest BCUT2D eigenvalue weighted by Crippen LogP contribution is -2.11. The Bertz CT molecular complexity index is 876. The lowest BCUT2D eigenvalue weighted by Gasteiger charge is -2.03. The highest BCUT2D eigenvalue weighted by Crippen LogP contribution is 2.26. The summed E-state index contributed by atoms with van der Waals surface area (Å²) in [5.41, 5.74) is 2.14. The summed E-state index contributed by atoms with van der Waals surface area (Å²) in [6, 6.07) is 15.9. The van der Waals surface area contributed by atoms with Gasteiger partial charge in [0, 0.05) is 16.5 Å². The number of anilines is 1. The van der Waals surface area contributed by atoms with Crippen molar-refractivity contribution in [3.8, 4) is 17.0 Å². The van der Waals surface area contributed by atoms with Crippen molar-refractivity contribution in [2.24, 2.45) is 0 Å². The predicted octanol–water partition coefficient (Wildman–Crippen LogP) is 3.53. The Morgan fingerprint density at radius 1 is 1.08 bits per heavy atom. The van der Waals surface area contributed by atoms with E-state index in [4.69, 9.17) is 9.84 Å². The molecule has 0 fully saturated rings. The maximum absolute atomic E-state index is 12.1. The number of carboxylic acids is 1. The number of nitrogens with zero attached hydrogens (tertiary/aromatic N) is 1. The quantitative estimate of drug-likeness (QED) is 0.707. The average molecular weight is 354 g/mol. The van der Waals surface area contributed by atoms with Crippen LogP contribution in [0.3, 0.4) is 0 Å². The van der Waals surface area contributed by atoms with Crippen LogP contribution in [-0.2, 0) is 4.79 Å². The molecule has 0 bridgehead atoms. The lowest BCUT2D eigenvalue weighted by molar-refractivity contribution is -0.139. The van der Waals surface area contributed by atoms with Crippen LogP contribution >= 0.6 is 11.3 Å². The zero-order chi connectivity index (χ0) is 17.6. The van der Waals surface area contributed by atoms with Crippen LogP contribution in [-0.4, -0.2) is 28.6 Å². The average Bonchev–Trinajstić information content (AvgIpc) is 3.09. The maximum Gasteiger partial charge on any atom is 0.341 e. The predicted molar refractivity (Wildman–Crippen MR) is 95.1 cm³/mol. The standard InChI is InChI=1S/C18H14N2O4S/c21-16(22)10-24-14-8-6-12(7-9-14)15-11-25-18(19-15)20-17(23)13-4-2-1-3-5-13/h1-9,11H,10H2,(H,21,22)(H,19,20,23). The first-order valence-electron chi connectivity index (χ1n) is 7.39. The largest absolute Gasteiger partial charge is 0.482 e. The fourth-order valence-corrected chi connectivity index (χ4v) is 2.80. The minimum Gasteiger partial charge on any atom is -0.482 e. The van der Waals surface area contributed by atoms with Crippen LogP contribution in [0.2, 0.25) is 0 Å². The highest BCUT2D eigenvalue weighted by molar-refractivity contribution is 7.14. The number of ether oxygens (including phenoxy) is 1. The molecule has 25 heavy (non-hydrogen) atoms. The summed E-state index contributed by atoms with van der Waals surface area (Å²) in [4.78, 5) is 27.0. The van der Waals surface area contributed by atoms with E-state index in [9.17, 15) is 9.59 Å². The molecule has 3 rings (SSSR count). The molecule has 1 heterocycles. The number of nitrogens with one attached hydrogen (secondary N) is 1. The van der Waals surface area contributed by atoms with Crippen molar-refractivity contribution in [3.63, 3.8) is 0 Å². The van der Waals surface area contributed by atoms with Crippen molar-refractivity contribution in [1.82, 2.24) is 4.98 Å². The topological polar surface area (TPSA) is 88.5 Å². The maximum atomic E-state index is 12.1. The van der Waals surface area contributed by atoms with Gasteiger partial charge in [-0.2, -0.15) is 0 Å². The van der Waals surface area contributed by atoms with Gasteiger partial charge in [0.1, 0.15) is 5.75 Å². The Labute approximate surface area is 147 Å². The second-order valence-electron chi connectivity index (χ2n) is 5.06. The molecule has 2 aromatic carbocycles.